The molecule has 6 nitrogen and oxygen atoms in total. The van der Waals surface area contributed by atoms with Crippen LogP contribution < -0.4 is 5.32 Å². The van der Waals surface area contributed by atoms with Crippen molar-refractivity contribution in [1.82, 2.24) is 10.3 Å². The molecule has 2 N–H and O–H groups in total. The zero-order valence-corrected chi connectivity index (χ0v) is 10.9. The third kappa shape index (κ3) is 3.50. The van der Waals surface area contributed by atoms with E-state index in [1.807, 2.05) is 0 Å². The van der Waals surface area contributed by atoms with Crippen molar-refractivity contribution in [2.75, 3.05) is 26.9 Å². The molecule has 19 heavy (non-hydrogen) atoms. The molecule has 0 bridgehead atoms. The van der Waals surface area contributed by atoms with Crippen LogP contribution in [0.15, 0.2) is 18.2 Å². The van der Waals surface area contributed by atoms with E-state index in [1.54, 1.807) is 19.2 Å². The summed E-state index contributed by atoms with van der Waals surface area (Å²) in [4.78, 5) is 14.9. The van der Waals surface area contributed by atoms with E-state index >= 15 is 0 Å². The molecule has 1 unspecified atom stereocenters. The molecule has 0 aromatic carbocycles. The second-order valence-electron chi connectivity index (χ2n) is 4.61. The molecule has 1 fully saturated rings. The number of ether oxygens (including phenoxy) is 2. The van der Waals surface area contributed by atoms with E-state index in [2.05, 4.69) is 10.3 Å². The van der Waals surface area contributed by atoms with Crippen LogP contribution in [0.3, 0.4) is 0 Å². The Balaban J connectivity index is 1.88. The normalized spacial score (nSPS) is 22.6. The molecule has 2 heterocycles. The van der Waals surface area contributed by atoms with Gasteiger partial charge in [0.1, 0.15) is 11.3 Å². The highest BCUT2D eigenvalue weighted by Crippen LogP contribution is 2.21. The summed E-state index contributed by atoms with van der Waals surface area (Å²) in [5.74, 6) is -1.01. The molecule has 1 atom stereocenters. The van der Waals surface area contributed by atoms with Crippen molar-refractivity contribution < 1.29 is 19.4 Å². The van der Waals surface area contributed by atoms with Gasteiger partial charge in [-0.3, -0.25) is 0 Å². The van der Waals surface area contributed by atoms with E-state index in [1.165, 1.54) is 6.07 Å². The summed E-state index contributed by atoms with van der Waals surface area (Å²) in [7, 11) is 1.68. The van der Waals surface area contributed by atoms with E-state index in [0.29, 0.717) is 32.0 Å². The summed E-state index contributed by atoms with van der Waals surface area (Å²) in [5, 5.41) is 12.1. The number of methoxy groups -OCH3 is 1. The van der Waals surface area contributed by atoms with Gasteiger partial charge in [0, 0.05) is 33.2 Å². The van der Waals surface area contributed by atoms with Gasteiger partial charge in [0.15, 0.2) is 0 Å². The van der Waals surface area contributed by atoms with Crippen LogP contribution >= 0.6 is 0 Å². The van der Waals surface area contributed by atoms with Crippen LogP contribution in [0.2, 0.25) is 0 Å². The maximum absolute atomic E-state index is 10.8. The molecule has 0 saturated carbocycles. The lowest BCUT2D eigenvalue weighted by Crippen LogP contribution is -2.42. The smallest absolute Gasteiger partial charge is 0.354 e. The van der Waals surface area contributed by atoms with E-state index < -0.39 is 5.97 Å². The highest BCUT2D eigenvalue weighted by atomic mass is 16.5. The molecule has 104 valence electrons. The minimum Gasteiger partial charge on any atom is -0.477 e. The Hall–Kier alpha value is -1.50. The molecule has 0 spiro atoms. The molecule has 1 aromatic rings. The largest absolute Gasteiger partial charge is 0.477 e. The highest BCUT2D eigenvalue weighted by Gasteiger charge is 2.34. The Morgan fingerprint density at radius 1 is 1.63 bits per heavy atom. The second-order valence-corrected chi connectivity index (χ2v) is 4.61. The molecule has 6 heteroatoms. The molecule has 0 amide bonds. The minimum atomic E-state index is -1.01. The standard InChI is InChI=1S/C13H18N2O4/c1-18-13(5-6-19-9-13)8-14-7-10-3-2-4-11(15-10)12(16)17/h2-4,14H,5-9H2,1H3,(H,16,17). The Morgan fingerprint density at radius 2 is 2.47 bits per heavy atom. The Bertz CT molecular complexity index is 444. The second kappa shape index (κ2) is 6.10. The lowest BCUT2D eigenvalue weighted by molar-refractivity contribution is -0.0159. The van der Waals surface area contributed by atoms with Gasteiger partial charge in [-0.05, 0) is 12.1 Å². The Kier molecular flexibility index (Phi) is 4.47. The van der Waals surface area contributed by atoms with Crippen LogP contribution in [-0.2, 0) is 16.0 Å². The van der Waals surface area contributed by atoms with Crippen LogP contribution in [0.25, 0.3) is 0 Å². The molecule has 2 rings (SSSR count). The van der Waals surface area contributed by atoms with Gasteiger partial charge in [-0.25, -0.2) is 9.78 Å². The summed E-state index contributed by atoms with van der Waals surface area (Å²) >= 11 is 0. The lowest BCUT2D eigenvalue weighted by atomic mass is 10.0. The number of aromatic nitrogens is 1. The predicted molar refractivity (Wildman–Crippen MR) is 68.1 cm³/mol. The van der Waals surface area contributed by atoms with Crippen molar-refractivity contribution in [1.29, 1.82) is 0 Å². The number of hydrogen-bond donors (Lipinski definition) is 2. The number of hydrogen-bond acceptors (Lipinski definition) is 5. The molecule has 1 aliphatic rings. The van der Waals surface area contributed by atoms with Gasteiger partial charge in [0.05, 0.1) is 12.3 Å². The zero-order valence-electron chi connectivity index (χ0n) is 10.9. The number of carboxylic acids is 1. The van der Waals surface area contributed by atoms with Crippen molar-refractivity contribution in [3.05, 3.63) is 29.6 Å². The summed E-state index contributed by atoms with van der Waals surface area (Å²) in [6, 6.07) is 4.97. The van der Waals surface area contributed by atoms with Crippen LogP contribution in [-0.4, -0.2) is 48.5 Å². The lowest BCUT2D eigenvalue weighted by Gasteiger charge is -2.25. The fourth-order valence-electron chi connectivity index (χ4n) is 2.08. The Labute approximate surface area is 111 Å². The predicted octanol–water partition coefficient (Wildman–Crippen LogP) is 0.675. The van der Waals surface area contributed by atoms with Crippen LogP contribution in [0, 0.1) is 0 Å². The number of carbonyl (C=O) groups is 1. The van der Waals surface area contributed by atoms with Crippen molar-refractivity contribution in [3.8, 4) is 0 Å². The third-order valence-corrected chi connectivity index (χ3v) is 3.28. The van der Waals surface area contributed by atoms with Gasteiger partial charge in [0.2, 0.25) is 0 Å². The maximum atomic E-state index is 10.8. The number of aromatic carboxylic acids is 1. The Morgan fingerprint density at radius 3 is 3.11 bits per heavy atom. The third-order valence-electron chi connectivity index (χ3n) is 3.28. The summed E-state index contributed by atoms with van der Waals surface area (Å²) in [6.07, 6.45) is 0.860. The van der Waals surface area contributed by atoms with E-state index in [-0.39, 0.29) is 11.3 Å². The first-order chi connectivity index (χ1) is 9.15. The molecule has 0 radical (unpaired) electrons. The first kappa shape index (κ1) is 13.9. The number of carboxylic acid groups (broad SMARTS) is 1. The first-order valence-corrected chi connectivity index (χ1v) is 6.18. The average Bonchev–Trinajstić information content (AvgIpc) is 2.88. The van der Waals surface area contributed by atoms with Crippen molar-refractivity contribution in [2.45, 2.75) is 18.6 Å². The van der Waals surface area contributed by atoms with Gasteiger partial charge in [-0.2, -0.15) is 0 Å². The zero-order chi connectivity index (χ0) is 13.7. The van der Waals surface area contributed by atoms with E-state index in [9.17, 15) is 4.79 Å². The monoisotopic (exact) mass is 266 g/mol. The molecule has 0 aliphatic carbocycles. The number of nitrogens with one attached hydrogen (secondary N) is 1. The average molecular weight is 266 g/mol. The van der Waals surface area contributed by atoms with Gasteiger partial charge in [-0.15, -0.1) is 0 Å². The highest BCUT2D eigenvalue weighted by molar-refractivity contribution is 5.85. The number of rotatable bonds is 6. The van der Waals surface area contributed by atoms with E-state index in [4.69, 9.17) is 14.6 Å². The van der Waals surface area contributed by atoms with Crippen LogP contribution in [0.5, 0.6) is 0 Å². The topological polar surface area (TPSA) is 80.7 Å². The quantitative estimate of drug-likeness (QED) is 0.788. The summed E-state index contributed by atoms with van der Waals surface area (Å²) < 4.78 is 10.8. The van der Waals surface area contributed by atoms with Crippen molar-refractivity contribution in [2.24, 2.45) is 0 Å². The van der Waals surface area contributed by atoms with Crippen molar-refractivity contribution >= 4 is 5.97 Å². The molecular formula is C13H18N2O4. The van der Waals surface area contributed by atoms with Crippen LogP contribution in [0.4, 0.5) is 0 Å². The van der Waals surface area contributed by atoms with Gasteiger partial charge < -0.3 is 19.9 Å². The SMILES string of the molecule is COC1(CNCc2cccc(C(=O)O)n2)CCOC1. The summed E-state index contributed by atoms with van der Waals surface area (Å²) in [5.41, 5.74) is 0.486. The summed E-state index contributed by atoms with van der Waals surface area (Å²) in [6.45, 7) is 2.45. The minimum absolute atomic E-state index is 0.0601. The first-order valence-electron chi connectivity index (χ1n) is 6.18. The van der Waals surface area contributed by atoms with Crippen molar-refractivity contribution in [3.63, 3.8) is 0 Å². The maximum Gasteiger partial charge on any atom is 0.354 e. The molecular weight excluding hydrogens is 248 g/mol. The fourth-order valence-corrected chi connectivity index (χ4v) is 2.08. The van der Waals surface area contributed by atoms with Gasteiger partial charge in [0.25, 0.3) is 0 Å². The van der Waals surface area contributed by atoms with Crippen LogP contribution in [0.1, 0.15) is 22.6 Å². The van der Waals surface area contributed by atoms with Gasteiger partial charge in [-0.1, -0.05) is 6.07 Å². The number of nitrogens with zero attached hydrogens (tertiary/aromatic N) is 1. The fraction of sp³-hybridized carbons (Fsp3) is 0.538. The van der Waals surface area contributed by atoms with Gasteiger partial charge >= 0.3 is 5.97 Å². The molecule has 1 aliphatic heterocycles. The number of pyridine rings is 1. The molecule has 1 saturated heterocycles. The molecule has 1 aromatic heterocycles. The van der Waals surface area contributed by atoms with E-state index in [0.717, 1.165) is 6.42 Å².